The highest BCUT2D eigenvalue weighted by atomic mass is 32.1. The Balaban J connectivity index is 2.42. The number of carboxylic acids is 1. The van der Waals surface area contributed by atoms with Gasteiger partial charge in [0.05, 0.1) is 16.5 Å². The molecule has 0 amide bonds. The van der Waals surface area contributed by atoms with Gasteiger partial charge < -0.3 is 9.84 Å². The molecule has 1 heterocycles. The maximum absolute atomic E-state index is 11.3. The SMILES string of the molecule is CCOc1ccc(-c2sc(C(C)C)nc2C(=O)O)cc1. The highest BCUT2D eigenvalue weighted by molar-refractivity contribution is 7.15. The second-order valence-electron chi connectivity index (χ2n) is 4.65. The fourth-order valence-corrected chi connectivity index (χ4v) is 2.86. The van der Waals surface area contributed by atoms with Gasteiger partial charge >= 0.3 is 5.97 Å². The Hall–Kier alpha value is -1.88. The molecule has 0 atom stereocenters. The van der Waals surface area contributed by atoms with E-state index in [0.717, 1.165) is 16.3 Å². The molecular weight excluding hydrogens is 274 g/mol. The minimum Gasteiger partial charge on any atom is -0.494 e. The number of rotatable bonds is 5. The Labute approximate surface area is 122 Å². The van der Waals surface area contributed by atoms with Crippen LogP contribution < -0.4 is 4.74 Å². The van der Waals surface area contributed by atoms with Crippen molar-refractivity contribution in [2.75, 3.05) is 6.61 Å². The van der Waals surface area contributed by atoms with Crippen LogP contribution in [0, 0.1) is 0 Å². The third-order valence-corrected chi connectivity index (χ3v) is 4.17. The summed E-state index contributed by atoms with van der Waals surface area (Å²) < 4.78 is 5.39. The molecule has 0 aliphatic carbocycles. The zero-order valence-corrected chi connectivity index (χ0v) is 12.5. The minimum atomic E-state index is -0.989. The Morgan fingerprint density at radius 3 is 2.50 bits per heavy atom. The van der Waals surface area contributed by atoms with Crippen molar-refractivity contribution in [3.63, 3.8) is 0 Å². The van der Waals surface area contributed by atoms with Crippen molar-refractivity contribution < 1.29 is 14.6 Å². The summed E-state index contributed by atoms with van der Waals surface area (Å²) in [6.07, 6.45) is 0. The van der Waals surface area contributed by atoms with Crippen molar-refractivity contribution in [3.8, 4) is 16.2 Å². The summed E-state index contributed by atoms with van der Waals surface area (Å²) in [5.74, 6) is 0.00769. The summed E-state index contributed by atoms with van der Waals surface area (Å²) in [6, 6.07) is 7.43. The largest absolute Gasteiger partial charge is 0.494 e. The normalized spacial score (nSPS) is 10.8. The van der Waals surface area contributed by atoms with Crippen molar-refractivity contribution in [1.82, 2.24) is 4.98 Å². The van der Waals surface area contributed by atoms with E-state index in [2.05, 4.69) is 4.98 Å². The molecule has 2 aromatic rings. The van der Waals surface area contributed by atoms with Crippen LogP contribution in [0.4, 0.5) is 0 Å². The van der Waals surface area contributed by atoms with Crippen LogP contribution in [0.15, 0.2) is 24.3 Å². The molecule has 4 nitrogen and oxygen atoms in total. The van der Waals surface area contributed by atoms with Crippen molar-refractivity contribution in [1.29, 1.82) is 0 Å². The van der Waals surface area contributed by atoms with Gasteiger partial charge in [0, 0.05) is 5.92 Å². The summed E-state index contributed by atoms with van der Waals surface area (Å²) in [5, 5.41) is 10.1. The second kappa shape index (κ2) is 6.05. The Bertz CT molecular complexity index is 602. The molecule has 0 fully saturated rings. The maximum Gasteiger partial charge on any atom is 0.356 e. The number of aromatic carboxylic acids is 1. The lowest BCUT2D eigenvalue weighted by Crippen LogP contribution is -1.99. The average Bonchev–Trinajstić information content (AvgIpc) is 2.85. The summed E-state index contributed by atoms with van der Waals surface area (Å²) in [6.45, 7) is 6.55. The second-order valence-corrected chi connectivity index (χ2v) is 5.68. The topological polar surface area (TPSA) is 59.4 Å². The summed E-state index contributed by atoms with van der Waals surface area (Å²) in [5.41, 5.74) is 0.984. The lowest BCUT2D eigenvalue weighted by molar-refractivity contribution is 0.0692. The van der Waals surface area contributed by atoms with Crippen molar-refractivity contribution in [2.45, 2.75) is 26.7 Å². The standard InChI is InChI=1S/C15H17NO3S/c1-4-19-11-7-5-10(6-8-11)13-12(15(17)18)16-14(20-13)9(2)3/h5-9H,4H2,1-3H3,(H,17,18). The number of nitrogens with zero attached hydrogens (tertiary/aromatic N) is 1. The first-order chi connectivity index (χ1) is 9.52. The first-order valence-electron chi connectivity index (χ1n) is 6.50. The number of carbonyl (C=O) groups is 1. The quantitative estimate of drug-likeness (QED) is 0.903. The zero-order valence-electron chi connectivity index (χ0n) is 11.7. The molecule has 1 aromatic carbocycles. The van der Waals surface area contributed by atoms with Gasteiger partial charge in [0.15, 0.2) is 5.69 Å². The molecule has 2 rings (SSSR count). The van der Waals surface area contributed by atoms with Crippen molar-refractivity contribution in [3.05, 3.63) is 35.0 Å². The molecule has 0 aliphatic rings. The number of aromatic nitrogens is 1. The van der Waals surface area contributed by atoms with E-state index in [0.29, 0.717) is 11.5 Å². The smallest absolute Gasteiger partial charge is 0.356 e. The third kappa shape index (κ3) is 2.99. The number of hydrogen-bond donors (Lipinski definition) is 1. The van der Waals surface area contributed by atoms with Gasteiger partial charge in [-0.15, -0.1) is 11.3 Å². The van der Waals surface area contributed by atoms with E-state index < -0.39 is 5.97 Å². The molecule has 0 unspecified atom stereocenters. The lowest BCUT2D eigenvalue weighted by atomic mass is 10.1. The van der Waals surface area contributed by atoms with Gasteiger partial charge in [-0.25, -0.2) is 9.78 Å². The molecule has 0 saturated heterocycles. The van der Waals surface area contributed by atoms with E-state index in [-0.39, 0.29) is 11.6 Å². The monoisotopic (exact) mass is 291 g/mol. The van der Waals surface area contributed by atoms with Gasteiger partial charge in [-0.1, -0.05) is 13.8 Å². The van der Waals surface area contributed by atoms with Crippen LogP contribution in [-0.4, -0.2) is 22.7 Å². The Morgan fingerprint density at radius 1 is 1.35 bits per heavy atom. The van der Waals surface area contributed by atoms with E-state index in [9.17, 15) is 9.90 Å². The van der Waals surface area contributed by atoms with Crippen molar-refractivity contribution >= 4 is 17.3 Å². The molecule has 0 spiro atoms. The van der Waals surface area contributed by atoms with Gasteiger partial charge in [0.25, 0.3) is 0 Å². The number of carboxylic acid groups (broad SMARTS) is 1. The molecule has 0 bridgehead atoms. The highest BCUT2D eigenvalue weighted by Crippen LogP contribution is 2.34. The van der Waals surface area contributed by atoms with Crippen LogP contribution in [0.1, 0.15) is 42.2 Å². The number of benzene rings is 1. The van der Waals surface area contributed by atoms with Gasteiger partial charge in [-0.3, -0.25) is 0 Å². The molecule has 1 N–H and O–H groups in total. The van der Waals surface area contributed by atoms with E-state index in [4.69, 9.17) is 4.74 Å². The Kier molecular flexibility index (Phi) is 4.39. The molecule has 0 saturated carbocycles. The molecule has 0 radical (unpaired) electrons. The molecule has 106 valence electrons. The summed E-state index contributed by atoms with van der Waals surface area (Å²) in [7, 11) is 0. The van der Waals surface area contributed by atoms with Gasteiger partial charge in [0.2, 0.25) is 0 Å². The van der Waals surface area contributed by atoms with Crippen LogP contribution in [0.3, 0.4) is 0 Å². The minimum absolute atomic E-state index is 0.128. The van der Waals surface area contributed by atoms with Gasteiger partial charge in [-0.2, -0.15) is 0 Å². The Morgan fingerprint density at radius 2 is 2.00 bits per heavy atom. The van der Waals surface area contributed by atoms with Gasteiger partial charge in [-0.05, 0) is 36.8 Å². The molecular formula is C15H17NO3S. The lowest BCUT2D eigenvalue weighted by Gasteiger charge is -2.04. The predicted molar refractivity (Wildman–Crippen MR) is 79.8 cm³/mol. The summed E-state index contributed by atoms with van der Waals surface area (Å²) in [4.78, 5) is 16.3. The van der Waals surface area contributed by atoms with Crippen LogP contribution in [0.25, 0.3) is 10.4 Å². The van der Waals surface area contributed by atoms with Crippen molar-refractivity contribution in [2.24, 2.45) is 0 Å². The van der Waals surface area contributed by atoms with E-state index in [1.807, 2.05) is 45.0 Å². The van der Waals surface area contributed by atoms with Crippen LogP contribution in [0.2, 0.25) is 0 Å². The third-order valence-electron chi connectivity index (χ3n) is 2.77. The predicted octanol–water partition coefficient (Wildman–Crippen LogP) is 4.03. The number of ether oxygens (including phenoxy) is 1. The number of hydrogen-bond acceptors (Lipinski definition) is 4. The van der Waals surface area contributed by atoms with Crippen LogP contribution in [0.5, 0.6) is 5.75 Å². The molecule has 20 heavy (non-hydrogen) atoms. The highest BCUT2D eigenvalue weighted by Gasteiger charge is 2.20. The van der Waals surface area contributed by atoms with E-state index in [1.165, 1.54) is 11.3 Å². The number of thiazole rings is 1. The van der Waals surface area contributed by atoms with Crippen LogP contribution in [-0.2, 0) is 0 Å². The molecule has 5 heteroatoms. The maximum atomic E-state index is 11.3. The first-order valence-corrected chi connectivity index (χ1v) is 7.31. The summed E-state index contributed by atoms with van der Waals surface area (Å²) >= 11 is 1.44. The average molecular weight is 291 g/mol. The van der Waals surface area contributed by atoms with E-state index in [1.54, 1.807) is 0 Å². The molecule has 1 aromatic heterocycles. The first kappa shape index (κ1) is 14.5. The van der Waals surface area contributed by atoms with E-state index >= 15 is 0 Å². The fourth-order valence-electron chi connectivity index (χ4n) is 1.79. The van der Waals surface area contributed by atoms with Crippen LogP contribution >= 0.6 is 11.3 Å². The fraction of sp³-hybridized carbons (Fsp3) is 0.333. The zero-order chi connectivity index (χ0) is 14.7. The van der Waals surface area contributed by atoms with Gasteiger partial charge in [0.1, 0.15) is 5.75 Å². The molecule has 0 aliphatic heterocycles.